The molecule has 0 aliphatic heterocycles. The van der Waals surface area contributed by atoms with Gasteiger partial charge >= 0.3 is 0 Å². The van der Waals surface area contributed by atoms with Gasteiger partial charge in [0.1, 0.15) is 6.20 Å². The minimum Gasteiger partial charge on any atom is -0.330 e. The maximum absolute atomic E-state index is 10.5. The number of nitrogens with two attached hydrogens (primary N) is 1. The topological polar surface area (TPSA) is 82.0 Å². The van der Waals surface area contributed by atoms with Crippen molar-refractivity contribution < 1.29 is 4.92 Å². The van der Waals surface area contributed by atoms with Gasteiger partial charge in [-0.05, 0) is 23.9 Å². The van der Waals surface area contributed by atoms with Crippen molar-refractivity contribution in [2.75, 3.05) is 6.54 Å². The molecular weight excluding hydrogens is 206 g/mol. The van der Waals surface area contributed by atoms with E-state index >= 15 is 0 Å². The van der Waals surface area contributed by atoms with Crippen LogP contribution in [0.25, 0.3) is 0 Å². The zero-order valence-electron chi connectivity index (χ0n) is 9.38. The Labute approximate surface area is 93.8 Å². The van der Waals surface area contributed by atoms with Gasteiger partial charge in [0.2, 0.25) is 0 Å². The van der Waals surface area contributed by atoms with Crippen LogP contribution in [-0.2, 0) is 0 Å². The van der Waals surface area contributed by atoms with Gasteiger partial charge in [0.25, 0.3) is 5.69 Å². The van der Waals surface area contributed by atoms with E-state index < -0.39 is 4.92 Å². The van der Waals surface area contributed by atoms with Crippen LogP contribution in [0.5, 0.6) is 0 Å². The number of aromatic nitrogens is 1. The fraction of sp³-hybridized carbons (Fsp3) is 0.545. The van der Waals surface area contributed by atoms with Gasteiger partial charge in [0.15, 0.2) is 0 Å². The van der Waals surface area contributed by atoms with E-state index in [2.05, 4.69) is 18.8 Å². The minimum atomic E-state index is -0.435. The van der Waals surface area contributed by atoms with Crippen LogP contribution in [0.2, 0.25) is 0 Å². The van der Waals surface area contributed by atoms with E-state index in [1.54, 1.807) is 6.07 Å². The number of pyridine rings is 1. The van der Waals surface area contributed by atoms with Gasteiger partial charge < -0.3 is 5.73 Å². The molecule has 0 bridgehead atoms. The van der Waals surface area contributed by atoms with E-state index in [9.17, 15) is 10.1 Å². The lowest BCUT2D eigenvalue weighted by Gasteiger charge is -2.01. The minimum absolute atomic E-state index is 0.0338. The van der Waals surface area contributed by atoms with Gasteiger partial charge in [-0.1, -0.05) is 13.8 Å². The van der Waals surface area contributed by atoms with E-state index in [-0.39, 0.29) is 11.1 Å². The van der Waals surface area contributed by atoms with E-state index in [1.165, 1.54) is 12.3 Å². The zero-order valence-corrected chi connectivity index (χ0v) is 9.38. The molecule has 0 spiro atoms. The van der Waals surface area contributed by atoms with Crippen molar-refractivity contribution >= 4 is 5.69 Å². The molecule has 1 heterocycles. The summed E-state index contributed by atoms with van der Waals surface area (Å²) in [7, 11) is 0. The Hall–Kier alpha value is -1.49. The highest BCUT2D eigenvalue weighted by atomic mass is 16.6. The Balaban J connectivity index is 2.21. The Morgan fingerprint density at radius 3 is 2.62 bits per heavy atom. The Morgan fingerprint density at radius 2 is 2.25 bits per heavy atom. The van der Waals surface area contributed by atoms with Gasteiger partial charge in [-0.2, -0.15) is 0 Å². The second-order valence-corrected chi connectivity index (χ2v) is 4.84. The average molecular weight is 221 g/mol. The smallest absolute Gasteiger partial charge is 0.287 e. The number of hydrogen-bond donors (Lipinski definition) is 1. The van der Waals surface area contributed by atoms with E-state index in [0.29, 0.717) is 18.4 Å². The molecule has 5 nitrogen and oxygen atoms in total. The molecule has 0 radical (unpaired) electrons. The Bertz CT molecular complexity index is 414. The number of nitro groups is 1. The largest absolute Gasteiger partial charge is 0.330 e. The summed E-state index contributed by atoms with van der Waals surface area (Å²) in [5.74, 6) is 0.764. The number of rotatable bonds is 3. The van der Waals surface area contributed by atoms with Crippen molar-refractivity contribution in [3.05, 3.63) is 34.1 Å². The summed E-state index contributed by atoms with van der Waals surface area (Å²) < 4.78 is 0. The summed E-state index contributed by atoms with van der Waals surface area (Å²) in [6, 6.07) is 3.24. The molecule has 16 heavy (non-hydrogen) atoms. The molecule has 0 unspecified atom stereocenters. The first-order chi connectivity index (χ1) is 7.48. The molecule has 86 valence electrons. The molecule has 1 aliphatic rings. The van der Waals surface area contributed by atoms with Crippen molar-refractivity contribution in [2.45, 2.75) is 19.8 Å². The summed E-state index contributed by atoms with van der Waals surface area (Å²) in [6.45, 7) is 4.94. The first kappa shape index (κ1) is 11.0. The molecule has 1 saturated carbocycles. The summed E-state index contributed by atoms with van der Waals surface area (Å²) >= 11 is 0. The third-order valence-corrected chi connectivity index (χ3v) is 3.60. The van der Waals surface area contributed by atoms with E-state index in [0.717, 1.165) is 5.69 Å². The molecule has 1 fully saturated rings. The van der Waals surface area contributed by atoms with Crippen LogP contribution in [0.4, 0.5) is 5.69 Å². The molecule has 0 saturated heterocycles. The van der Waals surface area contributed by atoms with Crippen LogP contribution in [0.1, 0.15) is 25.5 Å². The quantitative estimate of drug-likeness (QED) is 0.622. The lowest BCUT2D eigenvalue weighted by Crippen LogP contribution is -2.05. The summed E-state index contributed by atoms with van der Waals surface area (Å²) in [5, 5.41) is 10.5. The molecule has 0 aromatic carbocycles. The number of hydrogen-bond acceptors (Lipinski definition) is 4. The number of nitrogens with zero attached hydrogens (tertiary/aromatic N) is 2. The molecule has 1 aromatic heterocycles. The van der Waals surface area contributed by atoms with Crippen LogP contribution >= 0.6 is 0 Å². The van der Waals surface area contributed by atoms with Crippen molar-refractivity contribution in [3.8, 4) is 0 Å². The fourth-order valence-electron chi connectivity index (χ4n) is 2.46. The van der Waals surface area contributed by atoms with Crippen LogP contribution in [0, 0.1) is 21.4 Å². The molecule has 2 rings (SSSR count). The van der Waals surface area contributed by atoms with Crippen LogP contribution < -0.4 is 5.73 Å². The van der Waals surface area contributed by atoms with Gasteiger partial charge in [-0.25, -0.2) is 0 Å². The highest BCUT2D eigenvalue weighted by Gasteiger charge is 2.58. The van der Waals surface area contributed by atoms with E-state index in [4.69, 9.17) is 5.73 Å². The Kier molecular flexibility index (Phi) is 2.42. The maximum Gasteiger partial charge on any atom is 0.287 e. The summed E-state index contributed by atoms with van der Waals surface area (Å²) in [5.41, 5.74) is 6.79. The summed E-state index contributed by atoms with van der Waals surface area (Å²) in [6.07, 6.45) is 1.32. The van der Waals surface area contributed by atoms with Gasteiger partial charge in [0, 0.05) is 17.7 Å². The SMILES string of the molecule is CC1(C)[C@H](CN)[C@H]1c1ccc([N+](=O)[O-])cn1. The molecule has 2 atom stereocenters. The van der Waals surface area contributed by atoms with Crippen molar-refractivity contribution in [1.29, 1.82) is 0 Å². The van der Waals surface area contributed by atoms with Crippen LogP contribution in [-0.4, -0.2) is 16.5 Å². The monoisotopic (exact) mass is 221 g/mol. The maximum atomic E-state index is 10.5. The predicted octanol–water partition coefficient (Wildman–Crippen LogP) is 1.69. The molecule has 1 aliphatic carbocycles. The standard InChI is InChI=1S/C11H15N3O2/c1-11(2)8(5-12)10(11)9-4-3-7(6-13-9)14(15)16/h3-4,6,8,10H,5,12H2,1-2H3/t8-,10+/m1/s1. The third kappa shape index (κ3) is 1.57. The summed E-state index contributed by atoms with van der Waals surface area (Å²) in [4.78, 5) is 14.2. The first-order valence-corrected chi connectivity index (χ1v) is 5.29. The van der Waals surface area contributed by atoms with Crippen LogP contribution in [0.15, 0.2) is 18.3 Å². The molecule has 0 amide bonds. The van der Waals surface area contributed by atoms with E-state index in [1.807, 2.05) is 0 Å². The lowest BCUT2D eigenvalue weighted by atomic mass is 10.1. The van der Waals surface area contributed by atoms with Crippen molar-refractivity contribution in [2.24, 2.45) is 17.1 Å². The lowest BCUT2D eigenvalue weighted by molar-refractivity contribution is -0.385. The van der Waals surface area contributed by atoms with Gasteiger partial charge in [0.05, 0.1) is 4.92 Å². The second-order valence-electron chi connectivity index (χ2n) is 4.84. The highest BCUT2D eigenvalue weighted by Crippen LogP contribution is 2.63. The molecule has 2 N–H and O–H groups in total. The first-order valence-electron chi connectivity index (χ1n) is 5.29. The molecule has 5 heteroatoms. The van der Waals surface area contributed by atoms with Crippen molar-refractivity contribution in [1.82, 2.24) is 4.98 Å². The fourth-order valence-corrected chi connectivity index (χ4v) is 2.46. The van der Waals surface area contributed by atoms with Gasteiger partial charge in [-0.15, -0.1) is 0 Å². The molecular formula is C11H15N3O2. The zero-order chi connectivity index (χ0) is 11.9. The molecule has 1 aromatic rings. The van der Waals surface area contributed by atoms with Crippen molar-refractivity contribution in [3.63, 3.8) is 0 Å². The normalized spacial score (nSPS) is 26.4. The third-order valence-electron chi connectivity index (χ3n) is 3.60. The Morgan fingerprint density at radius 1 is 1.56 bits per heavy atom. The highest BCUT2D eigenvalue weighted by molar-refractivity contribution is 5.32. The average Bonchev–Trinajstić information content (AvgIpc) is 2.80. The predicted molar refractivity (Wildman–Crippen MR) is 60.0 cm³/mol. The van der Waals surface area contributed by atoms with Gasteiger partial charge in [-0.3, -0.25) is 15.1 Å². The second kappa shape index (κ2) is 3.52. The van der Waals surface area contributed by atoms with Crippen LogP contribution in [0.3, 0.4) is 0 Å².